The van der Waals surface area contributed by atoms with Crippen molar-refractivity contribution in [2.24, 2.45) is 0 Å². The van der Waals surface area contributed by atoms with Crippen LogP contribution in [0.3, 0.4) is 0 Å². The maximum absolute atomic E-state index is 13.7. The average molecular weight is 489 g/mol. The Morgan fingerprint density at radius 2 is 2.06 bits per heavy atom. The highest BCUT2D eigenvalue weighted by molar-refractivity contribution is 6.30. The highest BCUT2D eigenvalue weighted by Gasteiger charge is 2.37. The topological polar surface area (TPSA) is 77.6 Å². The summed E-state index contributed by atoms with van der Waals surface area (Å²) in [6.07, 6.45) is 0.241. The van der Waals surface area contributed by atoms with Crippen LogP contribution in [-0.2, 0) is 24.1 Å². The molecule has 1 fully saturated rings. The molecule has 3 heterocycles. The van der Waals surface area contributed by atoms with Crippen LogP contribution in [0.1, 0.15) is 41.3 Å². The molecule has 1 amide bonds. The van der Waals surface area contributed by atoms with E-state index in [0.717, 1.165) is 24.5 Å². The minimum atomic E-state index is -4.54. The Morgan fingerprint density at radius 1 is 1.26 bits per heavy atom. The third-order valence-corrected chi connectivity index (χ3v) is 5.88. The minimum absolute atomic E-state index is 0.0216. The van der Waals surface area contributed by atoms with Crippen molar-refractivity contribution in [2.45, 2.75) is 44.9 Å². The first-order valence-corrected chi connectivity index (χ1v) is 11.1. The van der Waals surface area contributed by atoms with Crippen LogP contribution >= 0.6 is 11.6 Å². The van der Waals surface area contributed by atoms with Gasteiger partial charge in [0.15, 0.2) is 5.65 Å². The number of alkyl halides is 3. The number of aryl methyl sites for hydroxylation is 1. The van der Waals surface area contributed by atoms with E-state index < -0.39 is 17.6 Å². The zero-order valence-electron chi connectivity index (χ0n) is 18.1. The number of nitrogens with zero attached hydrogens (tertiary/aromatic N) is 5. The molecule has 0 aliphatic heterocycles. The monoisotopic (exact) mass is 488 g/mol. The second-order valence-corrected chi connectivity index (χ2v) is 8.85. The van der Waals surface area contributed by atoms with Gasteiger partial charge in [-0.1, -0.05) is 23.7 Å². The SMILES string of the molecule is Cc1nn(CC(=O)Nc2cnn(Cc3cccc(Cl)c3)c2)c2nc(C3CC3)cc(C(F)(F)F)c12. The first kappa shape index (κ1) is 22.4. The summed E-state index contributed by atoms with van der Waals surface area (Å²) >= 11 is 6.01. The Labute approximate surface area is 197 Å². The van der Waals surface area contributed by atoms with E-state index in [4.69, 9.17) is 11.6 Å². The number of fused-ring (bicyclic) bond motifs is 1. The van der Waals surface area contributed by atoms with Gasteiger partial charge in [0, 0.05) is 22.8 Å². The van der Waals surface area contributed by atoms with Crippen molar-refractivity contribution in [2.75, 3.05) is 5.32 Å². The molecule has 11 heteroatoms. The molecule has 3 aromatic heterocycles. The maximum atomic E-state index is 13.7. The second-order valence-electron chi connectivity index (χ2n) is 8.41. The van der Waals surface area contributed by atoms with Gasteiger partial charge in [-0.05, 0) is 43.5 Å². The van der Waals surface area contributed by atoms with E-state index in [1.165, 1.54) is 17.8 Å². The summed E-state index contributed by atoms with van der Waals surface area (Å²) in [6.45, 7) is 1.68. The summed E-state index contributed by atoms with van der Waals surface area (Å²) in [5.74, 6) is -0.424. The highest BCUT2D eigenvalue weighted by atomic mass is 35.5. The molecular formula is C23H20ClF3N6O. The van der Waals surface area contributed by atoms with Crippen molar-refractivity contribution in [3.8, 4) is 0 Å². The normalized spacial score (nSPS) is 14.0. The van der Waals surface area contributed by atoms with Crippen LogP contribution in [-0.4, -0.2) is 30.5 Å². The summed E-state index contributed by atoms with van der Waals surface area (Å²) in [5.41, 5.74) is 1.29. The van der Waals surface area contributed by atoms with Crippen LogP contribution in [0.4, 0.5) is 18.9 Å². The van der Waals surface area contributed by atoms with Gasteiger partial charge < -0.3 is 5.32 Å². The molecule has 1 aliphatic rings. The third kappa shape index (κ3) is 4.63. The molecule has 5 rings (SSSR count). The number of nitrogens with one attached hydrogen (secondary N) is 1. The van der Waals surface area contributed by atoms with Crippen molar-refractivity contribution in [3.05, 3.63) is 70.3 Å². The second kappa shape index (κ2) is 8.43. The number of anilines is 1. The lowest BCUT2D eigenvalue weighted by atomic mass is 10.1. The molecule has 176 valence electrons. The molecule has 1 aromatic carbocycles. The Morgan fingerprint density at radius 3 is 2.76 bits per heavy atom. The summed E-state index contributed by atoms with van der Waals surface area (Å²) in [5, 5.41) is 11.7. The van der Waals surface area contributed by atoms with Gasteiger partial charge in [0.2, 0.25) is 5.91 Å². The molecule has 0 unspecified atom stereocenters. The molecule has 0 bridgehead atoms. The van der Waals surface area contributed by atoms with Gasteiger partial charge in [-0.15, -0.1) is 0 Å². The average Bonchev–Trinajstić information content (AvgIpc) is 3.45. The summed E-state index contributed by atoms with van der Waals surface area (Å²) in [7, 11) is 0. The predicted molar refractivity (Wildman–Crippen MR) is 121 cm³/mol. The number of hydrogen-bond donors (Lipinski definition) is 1. The molecule has 0 atom stereocenters. The van der Waals surface area contributed by atoms with Crippen molar-refractivity contribution >= 4 is 34.2 Å². The van der Waals surface area contributed by atoms with Crippen molar-refractivity contribution < 1.29 is 18.0 Å². The molecule has 1 saturated carbocycles. The first-order valence-electron chi connectivity index (χ1n) is 10.7. The van der Waals surface area contributed by atoms with Crippen LogP contribution in [0.15, 0.2) is 42.7 Å². The summed E-state index contributed by atoms with van der Waals surface area (Å²) < 4.78 is 44.1. The van der Waals surface area contributed by atoms with Crippen LogP contribution in [0, 0.1) is 6.92 Å². The number of carbonyl (C=O) groups excluding carboxylic acids is 1. The fourth-order valence-corrected chi connectivity index (χ4v) is 4.18. The van der Waals surface area contributed by atoms with E-state index in [-0.39, 0.29) is 29.2 Å². The largest absolute Gasteiger partial charge is 0.417 e. The van der Waals surface area contributed by atoms with E-state index >= 15 is 0 Å². The van der Waals surface area contributed by atoms with Gasteiger partial charge in [0.05, 0.1) is 35.1 Å². The van der Waals surface area contributed by atoms with E-state index in [1.807, 2.05) is 18.2 Å². The summed E-state index contributed by atoms with van der Waals surface area (Å²) in [4.78, 5) is 17.1. The molecular weight excluding hydrogens is 469 g/mol. The summed E-state index contributed by atoms with van der Waals surface area (Å²) in [6, 6.07) is 8.47. The number of rotatable bonds is 6. The van der Waals surface area contributed by atoms with Crippen molar-refractivity contribution in [1.82, 2.24) is 24.5 Å². The quantitative estimate of drug-likeness (QED) is 0.406. The first-order chi connectivity index (χ1) is 16.2. The molecule has 0 spiro atoms. The lowest BCUT2D eigenvalue weighted by molar-refractivity contribution is -0.136. The molecule has 1 N–H and O–H groups in total. The van der Waals surface area contributed by atoms with Crippen molar-refractivity contribution in [3.63, 3.8) is 0 Å². The number of carbonyl (C=O) groups is 1. The number of benzene rings is 1. The van der Waals surface area contributed by atoms with Gasteiger partial charge in [-0.2, -0.15) is 23.4 Å². The highest BCUT2D eigenvalue weighted by Crippen LogP contribution is 2.43. The Hall–Kier alpha value is -3.40. The van der Waals surface area contributed by atoms with Crippen LogP contribution in [0.25, 0.3) is 11.0 Å². The lowest BCUT2D eigenvalue weighted by Gasteiger charge is -2.11. The maximum Gasteiger partial charge on any atom is 0.417 e. The zero-order valence-corrected chi connectivity index (χ0v) is 18.9. The van der Waals surface area contributed by atoms with Crippen LogP contribution < -0.4 is 5.32 Å². The number of halogens is 4. The predicted octanol–water partition coefficient (Wildman–Crippen LogP) is 5.17. The molecule has 7 nitrogen and oxygen atoms in total. The van der Waals surface area contributed by atoms with Gasteiger partial charge in [0.1, 0.15) is 6.54 Å². The smallest absolute Gasteiger partial charge is 0.322 e. The molecule has 1 aliphatic carbocycles. The molecule has 34 heavy (non-hydrogen) atoms. The zero-order chi connectivity index (χ0) is 24.0. The minimum Gasteiger partial charge on any atom is -0.322 e. The Kier molecular flexibility index (Phi) is 5.55. The standard InChI is InChI=1S/C23H20ClF3N6O/c1-13-21-18(23(25,26)27)8-19(15-5-6-15)30-22(21)33(31-13)12-20(34)29-17-9-28-32(11-17)10-14-3-2-4-16(24)7-14/h2-4,7-9,11,15H,5-6,10,12H2,1H3,(H,29,34). The number of hydrogen-bond acceptors (Lipinski definition) is 4. The lowest BCUT2D eigenvalue weighted by Crippen LogP contribution is -2.20. The van der Waals surface area contributed by atoms with Gasteiger partial charge in [0.25, 0.3) is 0 Å². The van der Waals surface area contributed by atoms with E-state index in [0.29, 0.717) is 22.9 Å². The number of amides is 1. The molecule has 0 saturated heterocycles. The third-order valence-electron chi connectivity index (χ3n) is 5.64. The Balaban J connectivity index is 1.36. The molecule has 0 radical (unpaired) electrons. The number of aromatic nitrogens is 5. The van der Waals surface area contributed by atoms with Gasteiger partial charge >= 0.3 is 6.18 Å². The van der Waals surface area contributed by atoms with E-state index in [1.54, 1.807) is 16.9 Å². The fraction of sp³-hybridized carbons (Fsp3) is 0.304. The van der Waals surface area contributed by atoms with Crippen LogP contribution in [0.5, 0.6) is 0 Å². The number of pyridine rings is 1. The van der Waals surface area contributed by atoms with Gasteiger partial charge in [-0.25, -0.2) is 9.67 Å². The fourth-order valence-electron chi connectivity index (χ4n) is 3.97. The van der Waals surface area contributed by atoms with Gasteiger partial charge in [-0.3, -0.25) is 9.48 Å². The molecule has 4 aromatic rings. The van der Waals surface area contributed by atoms with E-state index in [9.17, 15) is 18.0 Å². The van der Waals surface area contributed by atoms with Crippen LogP contribution in [0.2, 0.25) is 5.02 Å². The van der Waals surface area contributed by atoms with Crippen molar-refractivity contribution in [1.29, 1.82) is 0 Å². The Bertz CT molecular complexity index is 1390. The van der Waals surface area contributed by atoms with E-state index in [2.05, 4.69) is 20.5 Å².